The highest BCUT2D eigenvalue weighted by molar-refractivity contribution is 5.94. The molecule has 5 heteroatoms. The third-order valence-corrected chi connectivity index (χ3v) is 2.34. The average molecular weight is 232 g/mol. The first-order valence-electron chi connectivity index (χ1n) is 5.28. The van der Waals surface area contributed by atoms with Crippen molar-refractivity contribution in [3.8, 4) is 0 Å². The van der Waals surface area contributed by atoms with Crippen LogP contribution in [0, 0.1) is 0 Å². The molecule has 2 aromatic rings. The zero-order chi connectivity index (χ0) is 12.4. The van der Waals surface area contributed by atoms with Crippen LogP contribution in [0.15, 0.2) is 24.5 Å². The molecule has 88 valence electrons. The number of carbonyl (C=O) groups excluding carboxylic acids is 2. The summed E-state index contributed by atoms with van der Waals surface area (Å²) in [4.78, 5) is 26.8. The van der Waals surface area contributed by atoms with E-state index in [1.54, 1.807) is 35.9 Å². The Labute approximate surface area is 98.0 Å². The van der Waals surface area contributed by atoms with E-state index < -0.39 is 5.97 Å². The molecule has 0 aliphatic heterocycles. The van der Waals surface area contributed by atoms with E-state index in [1.807, 2.05) is 0 Å². The molecule has 0 atom stereocenters. The molecule has 0 aliphatic rings. The second kappa shape index (κ2) is 4.37. The maximum absolute atomic E-state index is 11.5. The fraction of sp³-hybridized carbons (Fsp3) is 0.250. The number of hydrogen-bond donors (Lipinski definition) is 0. The Morgan fingerprint density at radius 1 is 1.35 bits per heavy atom. The fourth-order valence-corrected chi connectivity index (χ4v) is 1.50. The number of ketones is 1. The van der Waals surface area contributed by atoms with Gasteiger partial charge in [0.25, 0.3) is 0 Å². The lowest BCUT2D eigenvalue weighted by molar-refractivity contribution is 0.0520. The molecule has 0 aliphatic carbocycles. The SMILES string of the molecule is CCOC(=O)c1cn2cc(C(C)=O)ccc2n1. The van der Waals surface area contributed by atoms with E-state index in [2.05, 4.69) is 4.98 Å². The first kappa shape index (κ1) is 11.3. The second-order valence-electron chi connectivity index (χ2n) is 3.59. The van der Waals surface area contributed by atoms with Crippen LogP contribution < -0.4 is 0 Å². The van der Waals surface area contributed by atoms with Crippen LogP contribution in [0.3, 0.4) is 0 Å². The predicted octanol–water partition coefficient (Wildman–Crippen LogP) is 1.71. The van der Waals surface area contributed by atoms with Gasteiger partial charge in [-0.25, -0.2) is 9.78 Å². The van der Waals surface area contributed by atoms with E-state index in [4.69, 9.17) is 4.74 Å². The van der Waals surface area contributed by atoms with Crippen LogP contribution in [-0.4, -0.2) is 27.7 Å². The Hall–Kier alpha value is -2.17. The summed E-state index contributed by atoms with van der Waals surface area (Å²) in [5.74, 6) is -0.487. The molecule has 0 saturated heterocycles. The van der Waals surface area contributed by atoms with Gasteiger partial charge in [0.15, 0.2) is 11.5 Å². The monoisotopic (exact) mass is 232 g/mol. The summed E-state index contributed by atoms with van der Waals surface area (Å²) in [5.41, 5.74) is 1.43. The molecular formula is C12H12N2O3. The number of pyridine rings is 1. The Morgan fingerprint density at radius 2 is 2.12 bits per heavy atom. The van der Waals surface area contributed by atoms with Crippen molar-refractivity contribution < 1.29 is 14.3 Å². The van der Waals surface area contributed by atoms with Crippen molar-refractivity contribution in [3.63, 3.8) is 0 Å². The highest BCUT2D eigenvalue weighted by Gasteiger charge is 2.12. The summed E-state index contributed by atoms with van der Waals surface area (Å²) in [6.07, 6.45) is 3.20. The van der Waals surface area contributed by atoms with Gasteiger partial charge in [0, 0.05) is 18.0 Å². The van der Waals surface area contributed by atoms with Crippen molar-refractivity contribution >= 4 is 17.4 Å². The molecule has 2 rings (SSSR count). The van der Waals surface area contributed by atoms with Gasteiger partial charge in [-0.15, -0.1) is 0 Å². The van der Waals surface area contributed by atoms with Crippen LogP contribution in [0.25, 0.3) is 5.65 Å². The van der Waals surface area contributed by atoms with E-state index >= 15 is 0 Å². The van der Waals surface area contributed by atoms with Crippen LogP contribution in [-0.2, 0) is 4.74 Å². The second-order valence-corrected chi connectivity index (χ2v) is 3.59. The zero-order valence-electron chi connectivity index (χ0n) is 9.64. The van der Waals surface area contributed by atoms with Gasteiger partial charge in [0.2, 0.25) is 0 Å². The molecule has 0 saturated carbocycles. The van der Waals surface area contributed by atoms with Crippen molar-refractivity contribution in [2.45, 2.75) is 13.8 Å². The minimum atomic E-state index is -0.458. The number of Topliss-reactive ketones (excluding diaryl/α,β-unsaturated/α-hetero) is 1. The third-order valence-electron chi connectivity index (χ3n) is 2.34. The zero-order valence-corrected chi connectivity index (χ0v) is 9.64. The largest absolute Gasteiger partial charge is 0.461 e. The number of rotatable bonds is 3. The Kier molecular flexibility index (Phi) is 2.91. The van der Waals surface area contributed by atoms with Crippen molar-refractivity contribution in [1.29, 1.82) is 0 Å². The van der Waals surface area contributed by atoms with Crippen molar-refractivity contribution in [3.05, 3.63) is 35.8 Å². The highest BCUT2D eigenvalue weighted by Crippen LogP contribution is 2.09. The van der Waals surface area contributed by atoms with Crippen LogP contribution in [0.2, 0.25) is 0 Å². The van der Waals surface area contributed by atoms with Gasteiger partial charge in [0.05, 0.1) is 6.61 Å². The number of esters is 1. The van der Waals surface area contributed by atoms with E-state index in [0.717, 1.165) is 0 Å². The van der Waals surface area contributed by atoms with Crippen molar-refractivity contribution in [1.82, 2.24) is 9.38 Å². The van der Waals surface area contributed by atoms with E-state index in [-0.39, 0.29) is 11.5 Å². The topological polar surface area (TPSA) is 60.7 Å². The molecule has 0 N–H and O–H groups in total. The molecule has 2 aromatic heterocycles. The molecule has 0 spiro atoms. The number of fused-ring (bicyclic) bond motifs is 1. The van der Waals surface area contributed by atoms with E-state index in [9.17, 15) is 9.59 Å². The fourth-order valence-electron chi connectivity index (χ4n) is 1.50. The minimum Gasteiger partial charge on any atom is -0.461 e. The van der Waals surface area contributed by atoms with Gasteiger partial charge < -0.3 is 9.14 Å². The average Bonchev–Trinajstić information content (AvgIpc) is 2.71. The summed E-state index contributed by atoms with van der Waals surface area (Å²) >= 11 is 0. The Balaban J connectivity index is 2.43. The predicted molar refractivity (Wildman–Crippen MR) is 61.2 cm³/mol. The molecule has 0 aromatic carbocycles. The molecule has 0 fully saturated rings. The number of imidazole rings is 1. The normalized spacial score (nSPS) is 10.5. The lowest BCUT2D eigenvalue weighted by atomic mass is 10.2. The van der Waals surface area contributed by atoms with Gasteiger partial charge in [0.1, 0.15) is 5.65 Å². The summed E-state index contributed by atoms with van der Waals surface area (Å²) in [5, 5.41) is 0. The molecule has 0 amide bonds. The van der Waals surface area contributed by atoms with Gasteiger partial charge in [-0.2, -0.15) is 0 Å². The summed E-state index contributed by atoms with van der Waals surface area (Å²) < 4.78 is 6.50. The lowest BCUT2D eigenvalue weighted by Gasteiger charge is -1.96. The number of aromatic nitrogens is 2. The molecule has 2 heterocycles. The summed E-state index contributed by atoms with van der Waals surface area (Å²) in [7, 11) is 0. The van der Waals surface area contributed by atoms with E-state index in [0.29, 0.717) is 17.8 Å². The summed E-state index contributed by atoms with van der Waals surface area (Å²) in [6.45, 7) is 3.54. The maximum Gasteiger partial charge on any atom is 0.358 e. The number of hydrogen-bond acceptors (Lipinski definition) is 4. The molecule has 17 heavy (non-hydrogen) atoms. The molecular weight excluding hydrogens is 220 g/mol. The molecule has 0 radical (unpaired) electrons. The standard InChI is InChI=1S/C12H12N2O3/c1-3-17-12(16)10-7-14-6-9(8(2)15)4-5-11(14)13-10/h4-7H,3H2,1-2H3. The first-order chi connectivity index (χ1) is 8.11. The van der Waals surface area contributed by atoms with Gasteiger partial charge in [-0.05, 0) is 26.0 Å². The van der Waals surface area contributed by atoms with Crippen LogP contribution in [0.1, 0.15) is 34.7 Å². The van der Waals surface area contributed by atoms with Crippen LogP contribution in [0.5, 0.6) is 0 Å². The first-order valence-corrected chi connectivity index (χ1v) is 5.28. The van der Waals surface area contributed by atoms with Gasteiger partial charge in [-0.1, -0.05) is 0 Å². The lowest BCUT2D eigenvalue weighted by Crippen LogP contribution is -2.04. The minimum absolute atomic E-state index is 0.0294. The number of ether oxygens (including phenoxy) is 1. The Bertz CT molecular complexity index is 586. The summed E-state index contributed by atoms with van der Waals surface area (Å²) in [6, 6.07) is 3.37. The van der Waals surface area contributed by atoms with Crippen molar-refractivity contribution in [2.75, 3.05) is 6.61 Å². The van der Waals surface area contributed by atoms with E-state index in [1.165, 1.54) is 6.92 Å². The van der Waals surface area contributed by atoms with Gasteiger partial charge in [-0.3, -0.25) is 4.79 Å². The molecule has 5 nitrogen and oxygen atoms in total. The molecule has 0 bridgehead atoms. The smallest absolute Gasteiger partial charge is 0.358 e. The maximum atomic E-state index is 11.5. The quantitative estimate of drug-likeness (QED) is 0.597. The van der Waals surface area contributed by atoms with Crippen LogP contribution >= 0.6 is 0 Å². The van der Waals surface area contributed by atoms with Crippen LogP contribution in [0.4, 0.5) is 0 Å². The Morgan fingerprint density at radius 3 is 2.76 bits per heavy atom. The highest BCUT2D eigenvalue weighted by atomic mass is 16.5. The van der Waals surface area contributed by atoms with Gasteiger partial charge >= 0.3 is 5.97 Å². The third kappa shape index (κ3) is 2.18. The molecule has 0 unspecified atom stereocenters. The number of nitrogens with zero attached hydrogens (tertiary/aromatic N) is 2. The van der Waals surface area contributed by atoms with Crippen molar-refractivity contribution in [2.24, 2.45) is 0 Å². The number of carbonyl (C=O) groups is 2.